The Morgan fingerprint density at radius 1 is 0.745 bits per heavy atom. The number of primary amides is 2. The first kappa shape index (κ1) is 35.3. The Balaban J connectivity index is 0.000000226. The molecule has 7 N–H and O–H groups in total. The normalized spacial score (nSPS) is 11.7. The van der Waals surface area contributed by atoms with Crippen LogP contribution in [-0.2, 0) is 0 Å². The van der Waals surface area contributed by atoms with Crippen molar-refractivity contribution in [3.05, 3.63) is 116 Å². The van der Waals surface area contributed by atoms with Gasteiger partial charge in [0.1, 0.15) is 18.2 Å². The number of aromatic nitrogens is 6. The number of anilines is 4. The molecule has 6 rings (SSSR count). The fourth-order valence-corrected chi connectivity index (χ4v) is 4.77. The monoisotopic (exact) mass is 691 g/mol. The second-order valence-electron chi connectivity index (χ2n) is 11.3. The number of hydrogen-bond acceptors (Lipinski definition) is 13. The maximum Gasteiger partial charge on any atom is 0.271 e. The SMILES string of the molecule is Cc1ccc(Nc2cc(=O)[nH]nc2C(N)=O)nc1C.Cc1ccc(Nc2cc(OCCN3C(=O)c4ccccc4C3=O)nnc2C(N)=O)nc1C. The van der Waals surface area contributed by atoms with Crippen LogP contribution in [0, 0.1) is 27.7 Å². The van der Waals surface area contributed by atoms with Crippen molar-refractivity contribution >= 4 is 46.6 Å². The number of aryl methyl sites for hydroxylation is 4. The van der Waals surface area contributed by atoms with Crippen LogP contribution in [0.4, 0.5) is 23.0 Å². The molecule has 0 aliphatic carbocycles. The highest BCUT2D eigenvalue weighted by atomic mass is 16.5. The van der Waals surface area contributed by atoms with Crippen molar-refractivity contribution in [3.63, 3.8) is 0 Å². The van der Waals surface area contributed by atoms with E-state index in [4.69, 9.17) is 16.2 Å². The fraction of sp³-hybridized carbons (Fsp3) is 0.176. The number of fused-ring (bicyclic) bond motifs is 1. The number of hydrogen-bond donors (Lipinski definition) is 5. The molecule has 0 spiro atoms. The van der Waals surface area contributed by atoms with Gasteiger partial charge in [-0.15, -0.1) is 10.2 Å². The van der Waals surface area contributed by atoms with Gasteiger partial charge in [-0.25, -0.2) is 15.1 Å². The van der Waals surface area contributed by atoms with E-state index in [-0.39, 0.29) is 53.6 Å². The quantitative estimate of drug-likeness (QED) is 0.132. The molecule has 5 aromatic rings. The van der Waals surface area contributed by atoms with Gasteiger partial charge in [0.05, 0.1) is 29.0 Å². The number of benzene rings is 1. The predicted octanol–water partition coefficient (Wildman–Crippen LogP) is 2.63. The Hall–Kier alpha value is -7.04. The third-order valence-corrected chi connectivity index (χ3v) is 7.72. The molecule has 0 bridgehead atoms. The number of H-pyrrole nitrogens is 1. The van der Waals surface area contributed by atoms with E-state index in [1.54, 1.807) is 36.4 Å². The molecule has 17 heteroatoms. The molecule has 1 aromatic carbocycles. The van der Waals surface area contributed by atoms with Gasteiger partial charge in [-0.1, -0.05) is 24.3 Å². The maximum atomic E-state index is 12.4. The van der Waals surface area contributed by atoms with Crippen molar-refractivity contribution in [2.24, 2.45) is 11.5 Å². The lowest BCUT2D eigenvalue weighted by atomic mass is 10.1. The minimum Gasteiger partial charge on any atom is -0.475 e. The van der Waals surface area contributed by atoms with Gasteiger partial charge in [0.25, 0.3) is 29.2 Å². The van der Waals surface area contributed by atoms with Crippen molar-refractivity contribution in [1.82, 2.24) is 35.3 Å². The number of nitrogens with two attached hydrogens (primary N) is 2. The maximum absolute atomic E-state index is 12.4. The van der Waals surface area contributed by atoms with Crippen LogP contribution in [0.1, 0.15) is 64.2 Å². The highest BCUT2D eigenvalue weighted by molar-refractivity contribution is 6.21. The molecule has 1 aliphatic rings. The molecule has 0 atom stereocenters. The van der Waals surface area contributed by atoms with Crippen LogP contribution in [-0.4, -0.2) is 72.0 Å². The number of imide groups is 1. The topological polar surface area (TPSA) is 254 Å². The molecule has 5 heterocycles. The van der Waals surface area contributed by atoms with Gasteiger partial charge in [-0.3, -0.25) is 28.9 Å². The molecular formula is C34H33N11O6. The molecule has 4 aromatic heterocycles. The van der Waals surface area contributed by atoms with Crippen molar-refractivity contribution in [3.8, 4) is 5.88 Å². The largest absolute Gasteiger partial charge is 0.475 e. The summed E-state index contributed by atoms with van der Waals surface area (Å²) in [6, 6.07) is 16.6. The number of carbonyl (C=O) groups excluding carboxylic acids is 4. The highest BCUT2D eigenvalue weighted by Gasteiger charge is 2.34. The molecule has 0 radical (unpaired) electrons. The van der Waals surface area contributed by atoms with E-state index in [9.17, 15) is 24.0 Å². The van der Waals surface area contributed by atoms with Crippen molar-refractivity contribution in [2.75, 3.05) is 23.8 Å². The molecular weight excluding hydrogens is 658 g/mol. The smallest absolute Gasteiger partial charge is 0.271 e. The van der Waals surface area contributed by atoms with Crippen molar-refractivity contribution < 1.29 is 23.9 Å². The first-order valence-corrected chi connectivity index (χ1v) is 15.4. The molecule has 0 saturated carbocycles. The number of rotatable bonds is 10. The third kappa shape index (κ3) is 8.16. The minimum absolute atomic E-state index is 0.00258. The Morgan fingerprint density at radius 2 is 1.27 bits per heavy atom. The number of amides is 4. The van der Waals surface area contributed by atoms with Gasteiger partial charge in [0.2, 0.25) is 5.88 Å². The van der Waals surface area contributed by atoms with E-state index in [0.717, 1.165) is 27.4 Å². The third-order valence-electron chi connectivity index (χ3n) is 7.72. The zero-order valence-electron chi connectivity index (χ0n) is 28.0. The van der Waals surface area contributed by atoms with Gasteiger partial charge in [-0.2, -0.15) is 5.10 Å². The van der Waals surface area contributed by atoms with Crippen LogP contribution < -0.4 is 32.4 Å². The van der Waals surface area contributed by atoms with Crippen molar-refractivity contribution in [2.45, 2.75) is 27.7 Å². The summed E-state index contributed by atoms with van der Waals surface area (Å²) >= 11 is 0. The average Bonchev–Trinajstić information content (AvgIpc) is 3.33. The molecule has 0 unspecified atom stereocenters. The average molecular weight is 692 g/mol. The van der Waals surface area contributed by atoms with Crippen molar-refractivity contribution in [1.29, 1.82) is 0 Å². The summed E-state index contributed by atoms with van der Waals surface area (Å²) in [4.78, 5) is 68.9. The van der Waals surface area contributed by atoms with E-state index in [1.165, 1.54) is 12.1 Å². The van der Waals surface area contributed by atoms with E-state index in [1.807, 2.05) is 39.8 Å². The fourth-order valence-electron chi connectivity index (χ4n) is 4.77. The molecule has 1 aliphatic heterocycles. The Labute approximate surface area is 290 Å². The minimum atomic E-state index is -0.763. The Morgan fingerprint density at radius 3 is 1.78 bits per heavy atom. The van der Waals surface area contributed by atoms with Crippen LogP contribution in [0.5, 0.6) is 5.88 Å². The van der Waals surface area contributed by atoms with E-state index in [2.05, 4.69) is 41.0 Å². The number of pyridine rings is 2. The summed E-state index contributed by atoms with van der Waals surface area (Å²) < 4.78 is 5.59. The first-order valence-electron chi connectivity index (χ1n) is 15.4. The summed E-state index contributed by atoms with van der Waals surface area (Å²) in [6.07, 6.45) is 0. The highest BCUT2D eigenvalue weighted by Crippen LogP contribution is 2.24. The lowest BCUT2D eigenvalue weighted by Gasteiger charge is -2.15. The number of nitrogens with one attached hydrogen (secondary N) is 3. The van der Waals surface area contributed by atoms with Gasteiger partial charge < -0.3 is 26.8 Å². The zero-order valence-corrected chi connectivity index (χ0v) is 28.0. The number of carbonyl (C=O) groups is 4. The molecule has 17 nitrogen and oxygen atoms in total. The lowest BCUT2D eigenvalue weighted by Crippen LogP contribution is -2.33. The van der Waals surface area contributed by atoms with Crippen LogP contribution in [0.15, 0.2) is 65.5 Å². The van der Waals surface area contributed by atoms with Crippen LogP contribution >= 0.6 is 0 Å². The van der Waals surface area contributed by atoms with Crippen LogP contribution in [0.2, 0.25) is 0 Å². The van der Waals surface area contributed by atoms with E-state index < -0.39 is 17.4 Å². The zero-order chi connectivity index (χ0) is 36.8. The summed E-state index contributed by atoms with van der Waals surface area (Å²) in [5.74, 6) is -1.12. The number of aromatic amines is 1. The van der Waals surface area contributed by atoms with Gasteiger partial charge in [0, 0.05) is 23.5 Å². The second kappa shape index (κ2) is 15.0. The van der Waals surface area contributed by atoms with Crippen LogP contribution in [0.25, 0.3) is 0 Å². The lowest BCUT2D eigenvalue weighted by molar-refractivity contribution is 0.0629. The van der Waals surface area contributed by atoms with Crippen LogP contribution in [0.3, 0.4) is 0 Å². The summed E-state index contributed by atoms with van der Waals surface area (Å²) in [6.45, 7) is 7.65. The Bertz CT molecular complexity index is 2200. The molecule has 0 fully saturated rings. The molecule has 51 heavy (non-hydrogen) atoms. The molecule has 260 valence electrons. The van der Waals surface area contributed by atoms with E-state index in [0.29, 0.717) is 22.8 Å². The predicted molar refractivity (Wildman–Crippen MR) is 185 cm³/mol. The number of nitrogens with zero attached hydrogens (tertiary/aromatic N) is 6. The summed E-state index contributed by atoms with van der Waals surface area (Å²) in [7, 11) is 0. The summed E-state index contributed by atoms with van der Waals surface area (Å²) in [5, 5.41) is 19.3. The summed E-state index contributed by atoms with van der Waals surface area (Å²) in [5.41, 5.74) is 15.0. The molecule has 4 amide bonds. The standard InChI is InChI=1S/C22H20N6O4.C12H13N5O2/c1-12-7-8-17(24-13(12)2)25-16-11-18(26-27-19(16)20(23)29)32-10-9-28-21(30)14-5-3-4-6-15(14)22(28)31;1-6-3-4-9(14-7(6)2)15-8-5-10(18)16-17-11(8)12(13)19/h3-8,11H,9-10H2,1-2H3,(H2,23,29)(H,24,25,26);3-5H,1-2H3,(H2,13,19)(H2,14,15,16,18). The molecule has 0 saturated heterocycles. The van der Waals surface area contributed by atoms with Gasteiger partial charge in [0.15, 0.2) is 11.4 Å². The van der Waals surface area contributed by atoms with Gasteiger partial charge in [-0.05, 0) is 63.1 Å². The second-order valence-corrected chi connectivity index (χ2v) is 11.3. The first-order chi connectivity index (χ1) is 24.3. The Kier molecular flexibility index (Phi) is 10.4. The van der Waals surface area contributed by atoms with Gasteiger partial charge >= 0.3 is 0 Å². The van der Waals surface area contributed by atoms with E-state index >= 15 is 0 Å². The number of ether oxygens (including phenoxy) is 1.